The molecule has 0 aliphatic heterocycles. The highest BCUT2D eigenvalue weighted by Crippen LogP contribution is 2.15. The fourth-order valence-corrected chi connectivity index (χ4v) is 2.53. The van der Waals surface area contributed by atoms with Crippen LogP contribution in [0.1, 0.15) is 41.8 Å². The third kappa shape index (κ3) is 7.08. The first kappa shape index (κ1) is 21.5. The molecule has 5 nitrogen and oxygen atoms in total. The van der Waals surface area contributed by atoms with E-state index in [1.165, 1.54) is 0 Å². The molecule has 2 aromatic rings. The van der Waals surface area contributed by atoms with Crippen LogP contribution in [-0.2, 0) is 9.53 Å². The van der Waals surface area contributed by atoms with Crippen LogP contribution in [0.3, 0.4) is 0 Å². The molecule has 0 saturated carbocycles. The summed E-state index contributed by atoms with van der Waals surface area (Å²) in [5.41, 5.74) is 0.839. The maximum Gasteiger partial charge on any atom is 0.254 e. The standard InChI is InChI=1S/C21H24F2N2O3/c1-15(16-6-3-2-4-7-16)28-13-5-11-24-20(26)10-12-25-21(27)18-9-8-17(22)14-19(18)23/h2-4,6-9,14-15H,5,10-13H2,1H3,(H,24,26)(H,25,27). The minimum atomic E-state index is -0.938. The van der Waals surface area contributed by atoms with E-state index in [9.17, 15) is 18.4 Å². The highest BCUT2D eigenvalue weighted by atomic mass is 19.1. The Morgan fingerprint density at radius 3 is 2.50 bits per heavy atom. The number of carbonyl (C=O) groups is 2. The number of halogens is 2. The average molecular weight is 390 g/mol. The van der Waals surface area contributed by atoms with Crippen molar-refractivity contribution in [3.63, 3.8) is 0 Å². The average Bonchev–Trinajstić information content (AvgIpc) is 2.68. The van der Waals surface area contributed by atoms with Crippen molar-refractivity contribution < 1.29 is 23.1 Å². The van der Waals surface area contributed by atoms with E-state index in [4.69, 9.17) is 4.74 Å². The lowest BCUT2D eigenvalue weighted by molar-refractivity contribution is -0.121. The van der Waals surface area contributed by atoms with Crippen LogP contribution in [0.2, 0.25) is 0 Å². The number of ether oxygens (including phenoxy) is 1. The van der Waals surface area contributed by atoms with E-state index < -0.39 is 17.5 Å². The Hall–Kier alpha value is -2.80. The Balaban J connectivity index is 1.57. The van der Waals surface area contributed by atoms with Gasteiger partial charge in [0.15, 0.2) is 0 Å². The molecule has 0 fully saturated rings. The fourth-order valence-electron chi connectivity index (χ4n) is 2.53. The van der Waals surface area contributed by atoms with Gasteiger partial charge in [-0.2, -0.15) is 0 Å². The van der Waals surface area contributed by atoms with Gasteiger partial charge in [0.25, 0.3) is 5.91 Å². The van der Waals surface area contributed by atoms with Crippen LogP contribution in [0.15, 0.2) is 48.5 Å². The molecule has 0 bridgehead atoms. The molecule has 2 aromatic carbocycles. The summed E-state index contributed by atoms with van der Waals surface area (Å²) >= 11 is 0. The van der Waals surface area contributed by atoms with Gasteiger partial charge in [-0.05, 0) is 31.0 Å². The molecule has 28 heavy (non-hydrogen) atoms. The third-order valence-corrected chi connectivity index (χ3v) is 4.09. The molecule has 1 atom stereocenters. The summed E-state index contributed by atoms with van der Waals surface area (Å²) in [6, 6.07) is 12.6. The SMILES string of the molecule is CC(OCCCNC(=O)CCNC(=O)c1ccc(F)cc1F)c1ccccc1. The molecule has 2 N–H and O–H groups in total. The lowest BCUT2D eigenvalue weighted by Crippen LogP contribution is -2.31. The molecule has 2 rings (SSSR count). The van der Waals surface area contributed by atoms with Crippen LogP contribution in [0.25, 0.3) is 0 Å². The van der Waals surface area contributed by atoms with Crippen LogP contribution in [0.5, 0.6) is 0 Å². The van der Waals surface area contributed by atoms with Gasteiger partial charge in [0.2, 0.25) is 5.91 Å². The maximum atomic E-state index is 13.5. The number of benzene rings is 2. The first-order valence-corrected chi connectivity index (χ1v) is 9.14. The van der Waals surface area contributed by atoms with Crippen molar-refractivity contribution in [2.75, 3.05) is 19.7 Å². The normalized spacial score (nSPS) is 11.7. The third-order valence-electron chi connectivity index (χ3n) is 4.09. The van der Waals surface area contributed by atoms with Crippen molar-refractivity contribution in [3.05, 3.63) is 71.3 Å². The highest BCUT2D eigenvalue weighted by Gasteiger charge is 2.12. The number of hydrogen-bond donors (Lipinski definition) is 2. The predicted molar refractivity (Wildman–Crippen MR) is 102 cm³/mol. The zero-order chi connectivity index (χ0) is 20.4. The first-order valence-electron chi connectivity index (χ1n) is 9.14. The molecule has 2 amide bonds. The lowest BCUT2D eigenvalue weighted by atomic mass is 10.1. The van der Waals surface area contributed by atoms with Gasteiger partial charge < -0.3 is 15.4 Å². The van der Waals surface area contributed by atoms with E-state index in [0.29, 0.717) is 25.6 Å². The van der Waals surface area contributed by atoms with Crippen LogP contribution < -0.4 is 10.6 Å². The Bertz CT molecular complexity index is 784. The van der Waals surface area contributed by atoms with Crippen molar-refractivity contribution in [2.45, 2.75) is 25.9 Å². The van der Waals surface area contributed by atoms with Crippen molar-refractivity contribution in [1.29, 1.82) is 0 Å². The topological polar surface area (TPSA) is 67.4 Å². The maximum absolute atomic E-state index is 13.5. The number of hydrogen-bond acceptors (Lipinski definition) is 3. The van der Waals surface area contributed by atoms with Crippen molar-refractivity contribution in [3.8, 4) is 0 Å². The van der Waals surface area contributed by atoms with Gasteiger partial charge in [-0.3, -0.25) is 9.59 Å². The molecule has 150 valence electrons. The van der Waals surface area contributed by atoms with E-state index in [1.807, 2.05) is 37.3 Å². The quantitative estimate of drug-likeness (QED) is 0.612. The summed E-state index contributed by atoms with van der Waals surface area (Å²) in [5, 5.41) is 5.17. The van der Waals surface area contributed by atoms with Crippen LogP contribution in [-0.4, -0.2) is 31.5 Å². The Morgan fingerprint density at radius 1 is 1.04 bits per heavy atom. The summed E-state index contributed by atoms with van der Waals surface area (Å²) in [7, 11) is 0. The van der Waals surface area contributed by atoms with Crippen molar-refractivity contribution >= 4 is 11.8 Å². The number of amides is 2. The second kappa shape index (κ2) is 11.1. The van der Waals surface area contributed by atoms with E-state index >= 15 is 0 Å². The number of nitrogens with one attached hydrogen (secondary N) is 2. The molecule has 0 saturated heterocycles. The molecule has 0 radical (unpaired) electrons. The van der Waals surface area contributed by atoms with Gasteiger partial charge in [0.05, 0.1) is 11.7 Å². The van der Waals surface area contributed by atoms with Gasteiger partial charge >= 0.3 is 0 Å². The van der Waals surface area contributed by atoms with Gasteiger partial charge in [0, 0.05) is 32.2 Å². The second-order valence-electron chi connectivity index (χ2n) is 6.26. The van der Waals surface area contributed by atoms with E-state index in [-0.39, 0.29) is 30.5 Å². The van der Waals surface area contributed by atoms with E-state index in [1.54, 1.807) is 0 Å². The van der Waals surface area contributed by atoms with Crippen molar-refractivity contribution in [1.82, 2.24) is 10.6 Å². The van der Waals surface area contributed by atoms with Crippen LogP contribution in [0, 0.1) is 11.6 Å². The Morgan fingerprint density at radius 2 is 1.79 bits per heavy atom. The summed E-state index contributed by atoms with van der Waals surface area (Å²) in [6.07, 6.45) is 0.713. The fraction of sp³-hybridized carbons (Fsp3) is 0.333. The van der Waals surface area contributed by atoms with Crippen molar-refractivity contribution in [2.24, 2.45) is 0 Å². The number of carbonyl (C=O) groups excluding carboxylic acids is 2. The van der Waals surface area contributed by atoms with Gasteiger partial charge in [-0.15, -0.1) is 0 Å². The Kier molecular flexibility index (Phi) is 8.55. The lowest BCUT2D eigenvalue weighted by Gasteiger charge is -2.13. The monoisotopic (exact) mass is 390 g/mol. The zero-order valence-corrected chi connectivity index (χ0v) is 15.7. The van der Waals surface area contributed by atoms with Crippen LogP contribution >= 0.6 is 0 Å². The minimum Gasteiger partial charge on any atom is -0.374 e. The molecular weight excluding hydrogens is 366 g/mol. The Labute approximate surface area is 163 Å². The molecule has 0 aromatic heterocycles. The second-order valence-corrected chi connectivity index (χ2v) is 6.26. The van der Waals surface area contributed by atoms with Gasteiger partial charge in [0.1, 0.15) is 11.6 Å². The minimum absolute atomic E-state index is 0.0148. The van der Waals surface area contributed by atoms with Crippen LogP contribution in [0.4, 0.5) is 8.78 Å². The van der Waals surface area contributed by atoms with E-state index in [2.05, 4.69) is 10.6 Å². The molecule has 0 heterocycles. The van der Waals surface area contributed by atoms with E-state index in [0.717, 1.165) is 17.7 Å². The summed E-state index contributed by atoms with van der Waals surface area (Å²) in [5.74, 6) is -2.60. The predicted octanol–water partition coefficient (Wildman–Crippen LogP) is 3.37. The highest BCUT2D eigenvalue weighted by molar-refractivity contribution is 5.94. The number of rotatable bonds is 10. The van der Waals surface area contributed by atoms with Gasteiger partial charge in [-0.25, -0.2) is 8.78 Å². The smallest absolute Gasteiger partial charge is 0.254 e. The molecule has 0 aliphatic rings. The summed E-state index contributed by atoms with van der Waals surface area (Å²) in [6.45, 7) is 3.00. The largest absolute Gasteiger partial charge is 0.374 e. The molecular formula is C21H24F2N2O3. The van der Waals surface area contributed by atoms with Gasteiger partial charge in [-0.1, -0.05) is 30.3 Å². The summed E-state index contributed by atoms with van der Waals surface area (Å²) < 4.78 is 32.1. The first-order chi connectivity index (χ1) is 13.5. The molecule has 0 aliphatic carbocycles. The molecule has 1 unspecified atom stereocenters. The molecule has 0 spiro atoms. The molecule has 7 heteroatoms. The zero-order valence-electron chi connectivity index (χ0n) is 15.7. The summed E-state index contributed by atoms with van der Waals surface area (Å²) in [4.78, 5) is 23.6.